The van der Waals surface area contributed by atoms with Gasteiger partial charge in [0.05, 0.1) is 16.4 Å². The molecule has 28 heavy (non-hydrogen) atoms. The molecule has 0 saturated heterocycles. The first-order chi connectivity index (χ1) is 13.3. The summed E-state index contributed by atoms with van der Waals surface area (Å²) in [5.74, 6) is 0.515. The second kappa shape index (κ2) is 8.64. The lowest BCUT2D eigenvalue weighted by Gasteiger charge is -2.23. The van der Waals surface area contributed by atoms with Crippen molar-refractivity contribution >= 4 is 55.6 Å². The summed E-state index contributed by atoms with van der Waals surface area (Å²) in [6.07, 6.45) is 0. The molecule has 0 aliphatic rings. The molecule has 146 valence electrons. The van der Waals surface area contributed by atoms with Gasteiger partial charge in [0.1, 0.15) is 12.4 Å². The van der Waals surface area contributed by atoms with Crippen LogP contribution in [0, 0.1) is 20.8 Å². The van der Waals surface area contributed by atoms with Gasteiger partial charge >= 0.3 is 0 Å². The van der Waals surface area contributed by atoms with E-state index in [4.69, 9.17) is 16.3 Å². The van der Waals surface area contributed by atoms with E-state index in [9.17, 15) is 4.79 Å². The minimum Gasteiger partial charge on any atom is -0.486 e. The Balaban J connectivity index is 1.85. The number of carbonyl (C=O) groups excluding carboxylic acids is 1. The van der Waals surface area contributed by atoms with Gasteiger partial charge in [-0.2, -0.15) is 0 Å². The Morgan fingerprint density at radius 3 is 2.50 bits per heavy atom. The number of carbonyl (C=O) groups is 1. The minimum atomic E-state index is -0.0761. The summed E-state index contributed by atoms with van der Waals surface area (Å²) in [4.78, 5) is 18.7. The number of halogens is 2. The number of aryl methyl sites for hydroxylation is 3. The lowest BCUT2D eigenvalue weighted by molar-refractivity contribution is -0.115. The Labute approximate surface area is 182 Å². The van der Waals surface area contributed by atoms with E-state index in [-0.39, 0.29) is 12.5 Å². The van der Waals surface area contributed by atoms with E-state index in [0.29, 0.717) is 15.9 Å². The van der Waals surface area contributed by atoms with Crippen molar-refractivity contribution in [2.45, 2.75) is 34.3 Å². The Hall–Kier alpha value is -1.89. The van der Waals surface area contributed by atoms with Gasteiger partial charge in [0, 0.05) is 16.8 Å². The molecule has 0 fully saturated rings. The van der Waals surface area contributed by atoms with Crippen molar-refractivity contribution in [2.75, 3.05) is 4.90 Å². The maximum atomic E-state index is 12.4. The van der Waals surface area contributed by atoms with E-state index in [1.54, 1.807) is 24.0 Å². The quantitative estimate of drug-likeness (QED) is 0.406. The van der Waals surface area contributed by atoms with Crippen LogP contribution >= 0.6 is 38.9 Å². The third-order valence-electron chi connectivity index (χ3n) is 4.17. The van der Waals surface area contributed by atoms with Crippen molar-refractivity contribution in [1.29, 1.82) is 0 Å². The number of nitrogens with zero attached hydrogens (tertiary/aromatic N) is 2. The van der Waals surface area contributed by atoms with Crippen LogP contribution in [0.5, 0.6) is 5.75 Å². The van der Waals surface area contributed by atoms with Crippen LogP contribution in [0.4, 0.5) is 10.8 Å². The lowest BCUT2D eigenvalue weighted by atomic mass is 10.0. The lowest BCUT2D eigenvalue weighted by Crippen LogP contribution is -2.24. The highest BCUT2D eigenvalue weighted by Crippen LogP contribution is 2.35. The van der Waals surface area contributed by atoms with E-state index in [2.05, 4.69) is 33.0 Å². The Morgan fingerprint density at radius 1 is 1.21 bits per heavy atom. The highest BCUT2D eigenvalue weighted by Gasteiger charge is 2.22. The van der Waals surface area contributed by atoms with Gasteiger partial charge in [-0.15, -0.1) is 11.3 Å². The number of thiazole rings is 1. The molecule has 0 radical (unpaired) electrons. The Bertz CT molecular complexity index is 1010. The molecule has 0 saturated carbocycles. The van der Waals surface area contributed by atoms with Gasteiger partial charge < -0.3 is 4.74 Å². The molecule has 0 N–H and O–H groups in total. The topological polar surface area (TPSA) is 42.4 Å². The molecule has 0 spiro atoms. The molecular weight excluding hydrogens is 460 g/mol. The fraction of sp³-hybridized carbons (Fsp3) is 0.238. The predicted molar refractivity (Wildman–Crippen MR) is 119 cm³/mol. The van der Waals surface area contributed by atoms with Crippen molar-refractivity contribution in [3.63, 3.8) is 0 Å². The molecule has 1 amide bonds. The van der Waals surface area contributed by atoms with E-state index in [1.807, 2.05) is 32.2 Å². The van der Waals surface area contributed by atoms with Crippen molar-refractivity contribution < 1.29 is 9.53 Å². The third kappa shape index (κ3) is 4.57. The fourth-order valence-electron chi connectivity index (χ4n) is 3.12. The summed E-state index contributed by atoms with van der Waals surface area (Å²) >= 11 is 11.0. The van der Waals surface area contributed by atoms with Crippen molar-refractivity contribution in [1.82, 2.24) is 4.98 Å². The minimum absolute atomic E-state index is 0.0761. The third-order valence-corrected chi connectivity index (χ3v) is 5.84. The van der Waals surface area contributed by atoms with Crippen LogP contribution in [0.3, 0.4) is 0 Å². The largest absolute Gasteiger partial charge is 0.486 e. The predicted octanol–water partition coefficient (Wildman–Crippen LogP) is 6.75. The molecule has 1 heterocycles. The van der Waals surface area contributed by atoms with Gasteiger partial charge in [0.2, 0.25) is 5.91 Å². The number of hydrogen-bond donors (Lipinski definition) is 0. The van der Waals surface area contributed by atoms with E-state index in [1.165, 1.54) is 16.9 Å². The smallest absolute Gasteiger partial charge is 0.230 e. The highest BCUT2D eigenvalue weighted by atomic mass is 79.9. The van der Waals surface area contributed by atoms with Gasteiger partial charge in [0.15, 0.2) is 5.13 Å². The molecule has 3 aromatic rings. The van der Waals surface area contributed by atoms with Crippen LogP contribution in [0.2, 0.25) is 5.02 Å². The first-order valence-electron chi connectivity index (χ1n) is 8.67. The summed E-state index contributed by atoms with van der Waals surface area (Å²) in [6.45, 7) is 7.90. The van der Waals surface area contributed by atoms with Crippen molar-refractivity contribution in [3.8, 4) is 5.75 Å². The van der Waals surface area contributed by atoms with E-state index >= 15 is 0 Å². The molecule has 7 heteroatoms. The van der Waals surface area contributed by atoms with E-state index in [0.717, 1.165) is 27.0 Å². The van der Waals surface area contributed by atoms with Crippen LogP contribution in [-0.2, 0) is 11.4 Å². The number of ether oxygens (including phenoxy) is 1. The number of hydrogen-bond acceptors (Lipinski definition) is 4. The molecule has 2 aromatic carbocycles. The highest BCUT2D eigenvalue weighted by molar-refractivity contribution is 9.10. The van der Waals surface area contributed by atoms with Gasteiger partial charge in [0.25, 0.3) is 0 Å². The number of anilines is 2. The van der Waals surface area contributed by atoms with Crippen LogP contribution in [0.15, 0.2) is 40.2 Å². The second-order valence-electron chi connectivity index (χ2n) is 6.59. The Morgan fingerprint density at radius 2 is 1.89 bits per heavy atom. The number of aromatic nitrogens is 1. The first-order valence-corrected chi connectivity index (χ1v) is 10.7. The second-order valence-corrected chi connectivity index (χ2v) is 8.75. The van der Waals surface area contributed by atoms with Crippen molar-refractivity contribution in [2.24, 2.45) is 0 Å². The molecular formula is C21H20BrClN2O2S. The van der Waals surface area contributed by atoms with Gasteiger partial charge in [-0.05, 0) is 50.1 Å². The molecule has 0 unspecified atom stereocenters. The van der Waals surface area contributed by atoms with Crippen LogP contribution in [-0.4, -0.2) is 10.9 Å². The summed E-state index contributed by atoms with van der Waals surface area (Å²) < 4.78 is 6.68. The molecule has 0 bridgehead atoms. The summed E-state index contributed by atoms with van der Waals surface area (Å²) in [6, 6.07) is 9.61. The summed E-state index contributed by atoms with van der Waals surface area (Å²) in [5.41, 5.74) is 4.88. The average Bonchev–Trinajstić information content (AvgIpc) is 3.05. The zero-order valence-corrected chi connectivity index (χ0v) is 19.2. The standard InChI is InChI=1S/C21H20BrClN2O2S/c1-12-7-13(2)20(14(3)8-12)25(15(4)26)21-24-17(11-28-21)10-27-19-6-5-16(22)9-18(19)23/h5-9,11H,10H2,1-4H3. The SMILES string of the molecule is CC(=O)N(c1nc(COc2ccc(Br)cc2Cl)cs1)c1c(C)cc(C)cc1C. The molecule has 1 aromatic heterocycles. The van der Waals surface area contributed by atoms with Gasteiger partial charge in [-0.1, -0.05) is 45.2 Å². The van der Waals surface area contributed by atoms with Crippen LogP contribution < -0.4 is 9.64 Å². The number of benzene rings is 2. The Kier molecular flexibility index (Phi) is 6.43. The van der Waals surface area contributed by atoms with E-state index < -0.39 is 0 Å². The zero-order valence-electron chi connectivity index (χ0n) is 16.0. The summed E-state index contributed by atoms with van der Waals surface area (Å²) in [7, 11) is 0. The van der Waals surface area contributed by atoms with Crippen LogP contribution in [0.25, 0.3) is 0 Å². The fourth-order valence-corrected chi connectivity index (χ4v) is 4.71. The van der Waals surface area contributed by atoms with Crippen molar-refractivity contribution in [3.05, 3.63) is 67.6 Å². The number of rotatable bonds is 5. The monoisotopic (exact) mass is 478 g/mol. The maximum absolute atomic E-state index is 12.4. The normalized spacial score (nSPS) is 10.8. The van der Waals surface area contributed by atoms with Crippen LogP contribution in [0.1, 0.15) is 29.3 Å². The molecule has 3 rings (SSSR count). The average molecular weight is 480 g/mol. The maximum Gasteiger partial charge on any atom is 0.230 e. The van der Waals surface area contributed by atoms with Gasteiger partial charge in [-0.3, -0.25) is 9.69 Å². The molecule has 0 aliphatic heterocycles. The molecule has 0 atom stereocenters. The van der Waals surface area contributed by atoms with Gasteiger partial charge in [-0.25, -0.2) is 4.98 Å². The molecule has 0 aliphatic carbocycles. The first kappa shape index (κ1) is 20.8. The zero-order chi connectivity index (χ0) is 20.4. The molecule has 4 nitrogen and oxygen atoms in total. The summed E-state index contributed by atoms with van der Waals surface area (Å²) in [5, 5.41) is 3.06. The number of amides is 1.